The molecular formula is C37H43N5O9. The second-order valence-corrected chi connectivity index (χ2v) is 12.1. The fourth-order valence-corrected chi connectivity index (χ4v) is 5.75. The van der Waals surface area contributed by atoms with Crippen molar-refractivity contribution in [2.45, 2.75) is 38.3 Å². The van der Waals surface area contributed by atoms with E-state index in [1.807, 2.05) is 30.3 Å². The number of methoxy groups -OCH3 is 2. The van der Waals surface area contributed by atoms with E-state index in [4.69, 9.17) is 18.9 Å². The smallest absolute Gasteiger partial charge is 0.254 e. The number of nitrogens with one attached hydrogen (secondary N) is 4. The third-order valence-corrected chi connectivity index (χ3v) is 8.51. The molecule has 14 heteroatoms. The number of benzene rings is 3. The Hall–Kier alpha value is -5.79. The van der Waals surface area contributed by atoms with Crippen LogP contribution in [0, 0.1) is 0 Å². The number of hydrogen-bond acceptors (Lipinski definition) is 9. The molecule has 51 heavy (non-hydrogen) atoms. The molecule has 3 aromatic carbocycles. The molecule has 14 nitrogen and oxygen atoms in total. The number of ether oxygens (including phenoxy) is 4. The number of amides is 5. The summed E-state index contributed by atoms with van der Waals surface area (Å²) >= 11 is 0. The number of rotatable bonds is 5. The first-order valence-corrected chi connectivity index (χ1v) is 16.8. The van der Waals surface area contributed by atoms with E-state index in [-0.39, 0.29) is 67.9 Å². The first-order valence-electron chi connectivity index (χ1n) is 16.8. The number of fused-ring (bicyclic) bond motifs is 20. The lowest BCUT2D eigenvalue weighted by atomic mass is 10.0. The lowest BCUT2D eigenvalue weighted by Crippen LogP contribution is -2.54. The molecule has 5 amide bonds. The van der Waals surface area contributed by atoms with E-state index in [2.05, 4.69) is 21.3 Å². The predicted molar refractivity (Wildman–Crippen MR) is 186 cm³/mol. The van der Waals surface area contributed by atoms with Crippen LogP contribution in [0.5, 0.6) is 23.0 Å². The van der Waals surface area contributed by atoms with Crippen LogP contribution < -0.4 is 40.2 Å². The summed E-state index contributed by atoms with van der Waals surface area (Å²) in [7, 11) is 2.84. The van der Waals surface area contributed by atoms with Gasteiger partial charge in [-0.15, -0.1) is 0 Å². The largest absolute Gasteiger partial charge is 0.493 e. The van der Waals surface area contributed by atoms with Gasteiger partial charge in [0.2, 0.25) is 23.5 Å². The Morgan fingerprint density at radius 3 is 2.33 bits per heavy atom. The van der Waals surface area contributed by atoms with Crippen molar-refractivity contribution in [2.24, 2.45) is 0 Å². The third kappa shape index (κ3) is 9.47. The molecule has 0 spiro atoms. The Morgan fingerprint density at radius 2 is 1.61 bits per heavy atom. The second kappa shape index (κ2) is 17.2. The minimum Gasteiger partial charge on any atom is -0.493 e. The van der Waals surface area contributed by atoms with E-state index in [1.54, 1.807) is 18.2 Å². The maximum atomic E-state index is 13.7. The normalized spacial score (nSPS) is 19.1. The van der Waals surface area contributed by atoms with Crippen LogP contribution in [-0.4, -0.2) is 100 Å². The highest BCUT2D eigenvalue weighted by Gasteiger charge is 2.27. The van der Waals surface area contributed by atoms with Crippen molar-refractivity contribution in [3.63, 3.8) is 0 Å². The van der Waals surface area contributed by atoms with E-state index in [1.165, 1.54) is 38.2 Å². The summed E-state index contributed by atoms with van der Waals surface area (Å²) in [6, 6.07) is 15.2. The standard InChI is InChI=1S/C37H43N5O9/c1-23-34(44)41-28(18-24-8-5-4-6-9-24)36(46)39-14-15-42(37(47)26-10-11-29-25(19-26)12-17-50-29)22-32(43)38-13-7-16-51-33-30(48-2)20-27(35(45)40-23)21-31(33)49-3/h4-6,8-11,19-21,23,28H,7,12-18,22H2,1-3H3,(H,38,43)(H,39,46)(H,40,45)(H,41,44)/t23-,28+/m0/s1. The zero-order chi connectivity index (χ0) is 36.3. The molecule has 3 aliphatic heterocycles. The Labute approximate surface area is 296 Å². The van der Waals surface area contributed by atoms with Crippen molar-refractivity contribution in [3.8, 4) is 23.0 Å². The molecule has 3 aliphatic rings. The molecule has 3 heterocycles. The summed E-state index contributed by atoms with van der Waals surface area (Å²) in [6.45, 7) is 2.23. The first-order chi connectivity index (χ1) is 24.7. The lowest BCUT2D eigenvalue weighted by molar-refractivity contribution is -0.129. The number of hydrogen-bond donors (Lipinski definition) is 4. The number of nitrogens with zero attached hydrogens (tertiary/aromatic N) is 1. The molecule has 2 atom stereocenters. The van der Waals surface area contributed by atoms with Gasteiger partial charge < -0.3 is 45.1 Å². The summed E-state index contributed by atoms with van der Waals surface area (Å²) in [5.41, 5.74) is 2.26. The third-order valence-electron chi connectivity index (χ3n) is 8.51. The van der Waals surface area contributed by atoms with E-state index >= 15 is 0 Å². The SMILES string of the molecule is COc1cc2cc(OC)c1OCCCNC(=O)CN(C(=O)c1ccc3c(c1)CCO3)CCNC(=O)[C@@H](Cc1ccccc1)NC(=O)[C@H](C)NC2=O. The van der Waals surface area contributed by atoms with E-state index < -0.39 is 35.7 Å². The summed E-state index contributed by atoms with van der Waals surface area (Å²) in [5, 5.41) is 11.1. The quantitative estimate of drug-likeness (QED) is 0.289. The van der Waals surface area contributed by atoms with Gasteiger partial charge in [0.05, 0.1) is 34.0 Å². The van der Waals surface area contributed by atoms with Crippen molar-refractivity contribution in [1.82, 2.24) is 26.2 Å². The van der Waals surface area contributed by atoms with E-state index in [9.17, 15) is 24.0 Å². The lowest BCUT2D eigenvalue weighted by Gasteiger charge is -2.25. The zero-order valence-corrected chi connectivity index (χ0v) is 28.9. The minimum atomic E-state index is -1.03. The molecule has 0 aromatic heterocycles. The summed E-state index contributed by atoms with van der Waals surface area (Å²) in [5.74, 6) is -0.980. The maximum Gasteiger partial charge on any atom is 0.254 e. The summed E-state index contributed by atoms with van der Waals surface area (Å²) < 4.78 is 22.5. The molecular weight excluding hydrogens is 658 g/mol. The predicted octanol–water partition coefficient (Wildman–Crippen LogP) is 1.64. The average molecular weight is 702 g/mol. The van der Waals surface area contributed by atoms with Crippen LogP contribution in [0.2, 0.25) is 0 Å². The molecule has 0 radical (unpaired) electrons. The van der Waals surface area contributed by atoms with Crippen molar-refractivity contribution < 1.29 is 42.9 Å². The molecule has 4 N–H and O–H groups in total. The van der Waals surface area contributed by atoms with Gasteiger partial charge in [-0.25, -0.2) is 0 Å². The van der Waals surface area contributed by atoms with Gasteiger partial charge in [-0.2, -0.15) is 0 Å². The minimum absolute atomic E-state index is 0.00641. The summed E-state index contributed by atoms with van der Waals surface area (Å²) in [6.07, 6.45) is 1.25. The Morgan fingerprint density at radius 1 is 0.863 bits per heavy atom. The Balaban J connectivity index is 1.40. The molecule has 0 saturated heterocycles. The first kappa shape index (κ1) is 36.5. The van der Waals surface area contributed by atoms with Crippen LogP contribution in [0.1, 0.15) is 45.2 Å². The van der Waals surface area contributed by atoms with Crippen LogP contribution in [-0.2, 0) is 27.2 Å². The molecule has 0 unspecified atom stereocenters. The van der Waals surface area contributed by atoms with Crippen molar-refractivity contribution in [3.05, 3.63) is 82.9 Å². The maximum absolute atomic E-state index is 13.7. The average Bonchev–Trinajstić information content (AvgIpc) is 3.61. The molecule has 2 bridgehead atoms. The highest BCUT2D eigenvalue weighted by molar-refractivity contribution is 5.99. The fraction of sp³-hybridized carbons (Fsp3) is 0.378. The molecule has 0 aliphatic carbocycles. The van der Waals surface area contributed by atoms with Gasteiger partial charge in [0.15, 0.2) is 11.5 Å². The Bertz CT molecular complexity index is 1720. The molecule has 3 aromatic rings. The van der Waals surface area contributed by atoms with Gasteiger partial charge in [-0.1, -0.05) is 30.3 Å². The van der Waals surface area contributed by atoms with Crippen LogP contribution in [0.15, 0.2) is 60.7 Å². The van der Waals surface area contributed by atoms with Crippen LogP contribution >= 0.6 is 0 Å². The van der Waals surface area contributed by atoms with Gasteiger partial charge in [0, 0.05) is 43.6 Å². The van der Waals surface area contributed by atoms with Crippen LogP contribution in [0.3, 0.4) is 0 Å². The Kier molecular flexibility index (Phi) is 12.3. The fourth-order valence-electron chi connectivity index (χ4n) is 5.75. The monoisotopic (exact) mass is 701 g/mol. The molecule has 0 fully saturated rings. The van der Waals surface area contributed by atoms with Crippen molar-refractivity contribution in [1.29, 1.82) is 0 Å². The molecule has 270 valence electrons. The van der Waals surface area contributed by atoms with Crippen molar-refractivity contribution >= 4 is 29.5 Å². The highest BCUT2D eigenvalue weighted by atomic mass is 16.5. The number of carbonyl (C=O) groups is 5. The zero-order valence-electron chi connectivity index (χ0n) is 28.9. The van der Waals surface area contributed by atoms with E-state index in [0.717, 1.165) is 16.9 Å². The topological polar surface area (TPSA) is 174 Å². The second-order valence-electron chi connectivity index (χ2n) is 12.1. The molecule has 0 saturated carbocycles. The van der Waals surface area contributed by atoms with Gasteiger partial charge in [0.1, 0.15) is 17.8 Å². The van der Waals surface area contributed by atoms with Crippen LogP contribution in [0.4, 0.5) is 0 Å². The van der Waals surface area contributed by atoms with Crippen LogP contribution in [0.25, 0.3) is 0 Å². The van der Waals surface area contributed by atoms with Gasteiger partial charge >= 0.3 is 0 Å². The van der Waals surface area contributed by atoms with Gasteiger partial charge in [0.25, 0.3) is 11.8 Å². The number of carbonyl (C=O) groups excluding carboxylic acids is 5. The highest BCUT2D eigenvalue weighted by Crippen LogP contribution is 2.38. The molecule has 6 rings (SSSR count). The van der Waals surface area contributed by atoms with Crippen molar-refractivity contribution in [2.75, 3.05) is 53.6 Å². The van der Waals surface area contributed by atoms with E-state index in [0.29, 0.717) is 25.0 Å². The van der Waals surface area contributed by atoms with Gasteiger partial charge in [-0.05, 0) is 54.8 Å². The summed E-state index contributed by atoms with van der Waals surface area (Å²) in [4.78, 5) is 68.4. The van der Waals surface area contributed by atoms with Gasteiger partial charge in [-0.3, -0.25) is 24.0 Å².